The summed E-state index contributed by atoms with van der Waals surface area (Å²) in [4.78, 5) is 27.9. The normalized spacial score (nSPS) is 27.7. The molecule has 0 bridgehead atoms. The Labute approximate surface area is 157 Å². The number of carbonyl (C=O) groups excluding carboxylic acids is 2. The molecule has 0 N–H and O–H groups in total. The lowest BCUT2D eigenvalue weighted by molar-refractivity contribution is -0.126. The monoisotopic (exact) mass is 358 g/mol. The number of hydrogen-bond acceptors (Lipinski definition) is 5. The number of fused-ring (bicyclic) bond motifs is 3. The summed E-state index contributed by atoms with van der Waals surface area (Å²) in [5.74, 6) is -0.704. The van der Waals surface area contributed by atoms with E-state index in [9.17, 15) is 9.59 Å². The third kappa shape index (κ3) is 2.26. The molecule has 2 amide bonds. The van der Waals surface area contributed by atoms with Crippen LogP contribution < -0.4 is 4.90 Å². The minimum atomic E-state index is -0.444. The first kappa shape index (κ1) is 16.2. The zero-order chi connectivity index (χ0) is 18.5. The van der Waals surface area contributed by atoms with E-state index in [0.717, 1.165) is 25.1 Å². The van der Waals surface area contributed by atoms with Crippen LogP contribution in [0.15, 0.2) is 54.6 Å². The highest BCUT2D eigenvalue weighted by Crippen LogP contribution is 2.48. The zero-order valence-electron chi connectivity index (χ0n) is 14.7. The third-order valence-corrected chi connectivity index (χ3v) is 5.80. The summed E-state index contributed by atoms with van der Waals surface area (Å²) in [6.45, 7) is 1.62. The first-order chi connectivity index (χ1) is 13.2. The number of benzene rings is 2. The van der Waals surface area contributed by atoms with Crippen molar-refractivity contribution in [1.29, 1.82) is 5.26 Å². The molecule has 2 aromatic rings. The van der Waals surface area contributed by atoms with Crippen molar-refractivity contribution >= 4 is 17.5 Å². The van der Waals surface area contributed by atoms with Gasteiger partial charge in [-0.15, -0.1) is 0 Å². The molecule has 2 aromatic carbocycles. The molecule has 0 saturated carbocycles. The second-order valence-electron chi connectivity index (χ2n) is 7.18. The number of hydrogen-bond donors (Lipinski definition) is 0. The number of hydrazine groups is 1. The van der Waals surface area contributed by atoms with Gasteiger partial charge in [0.05, 0.1) is 29.3 Å². The second-order valence-corrected chi connectivity index (χ2v) is 7.18. The van der Waals surface area contributed by atoms with E-state index in [2.05, 4.69) is 16.1 Å². The molecular formula is C21H18N4O2. The third-order valence-electron chi connectivity index (χ3n) is 5.80. The van der Waals surface area contributed by atoms with Crippen LogP contribution in [0.25, 0.3) is 0 Å². The van der Waals surface area contributed by atoms with Gasteiger partial charge in [0.2, 0.25) is 5.91 Å². The molecule has 3 saturated heterocycles. The molecule has 27 heavy (non-hydrogen) atoms. The molecule has 0 aliphatic carbocycles. The lowest BCUT2D eigenvalue weighted by atomic mass is 9.89. The quantitative estimate of drug-likeness (QED) is 0.769. The number of anilines is 1. The maximum absolute atomic E-state index is 13.3. The average Bonchev–Trinajstić information content (AvgIpc) is 3.35. The van der Waals surface area contributed by atoms with Gasteiger partial charge in [-0.1, -0.05) is 30.3 Å². The molecule has 3 aliphatic rings. The van der Waals surface area contributed by atoms with Crippen LogP contribution in [0.5, 0.6) is 0 Å². The van der Waals surface area contributed by atoms with Gasteiger partial charge in [0.25, 0.3) is 5.91 Å². The average molecular weight is 358 g/mol. The molecular weight excluding hydrogens is 340 g/mol. The van der Waals surface area contributed by atoms with Gasteiger partial charge in [-0.25, -0.2) is 14.9 Å². The summed E-state index contributed by atoms with van der Waals surface area (Å²) in [6, 6.07) is 18.0. The Balaban J connectivity index is 1.58. The van der Waals surface area contributed by atoms with Crippen LogP contribution in [0.3, 0.4) is 0 Å². The van der Waals surface area contributed by atoms with Crippen molar-refractivity contribution in [1.82, 2.24) is 10.0 Å². The van der Waals surface area contributed by atoms with Crippen molar-refractivity contribution in [3.05, 3.63) is 65.7 Å². The van der Waals surface area contributed by atoms with Gasteiger partial charge in [-0.2, -0.15) is 5.26 Å². The Morgan fingerprint density at radius 1 is 0.852 bits per heavy atom. The van der Waals surface area contributed by atoms with E-state index in [0.29, 0.717) is 11.3 Å². The van der Waals surface area contributed by atoms with Crippen molar-refractivity contribution in [3.8, 4) is 6.07 Å². The fourth-order valence-corrected chi connectivity index (χ4v) is 4.70. The predicted molar refractivity (Wildman–Crippen MR) is 98.1 cm³/mol. The van der Waals surface area contributed by atoms with Crippen LogP contribution in [-0.4, -0.2) is 41.0 Å². The van der Waals surface area contributed by atoms with Crippen molar-refractivity contribution < 1.29 is 9.59 Å². The van der Waals surface area contributed by atoms with Crippen molar-refractivity contribution in [2.75, 3.05) is 18.0 Å². The Bertz CT molecular complexity index is 950. The van der Waals surface area contributed by atoms with Gasteiger partial charge in [0, 0.05) is 13.1 Å². The van der Waals surface area contributed by atoms with E-state index in [-0.39, 0.29) is 17.9 Å². The fraction of sp³-hybridized carbons (Fsp3) is 0.286. The summed E-state index contributed by atoms with van der Waals surface area (Å²) < 4.78 is 0. The summed E-state index contributed by atoms with van der Waals surface area (Å²) in [5.41, 5.74) is 2.20. The maximum Gasteiger partial charge on any atom is 0.253 e. The van der Waals surface area contributed by atoms with Crippen LogP contribution in [0.2, 0.25) is 0 Å². The number of para-hydroxylation sites is 1. The van der Waals surface area contributed by atoms with E-state index in [4.69, 9.17) is 5.26 Å². The van der Waals surface area contributed by atoms with Gasteiger partial charge < -0.3 is 0 Å². The smallest absolute Gasteiger partial charge is 0.253 e. The highest BCUT2D eigenvalue weighted by atomic mass is 16.2. The SMILES string of the molecule is N#Cc1ccc([C@@H]2[C@H]3C(=O)N(c4ccccc4)C(=O)[C@@H]3N3CCCN23)cc1. The highest BCUT2D eigenvalue weighted by Gasteiger charge is 2.62. The van der Waals surface area contributed by atoms with Crippen molar-refractivity contribution in [3.63, 3.8) is 0 Å². The molecule has 134 valence electrons. The highest BCUT2D eigenvalue weighted by molar-refractivity contribution is 6.24. The lowest BCUT2D eigenvalue weighted by Crippen LogP contribution is -2.44. The molecule has 0 aromatic heterocycles. The molecule has 6 heteroatoms. The van der Waals surface area contributed by atoms with Crippen LogP contribution >= 0.6 is 0 Å². The summed E-state index contributed by atoms with van der Waals surface area (Å²) >= 11 is 0. The first-order valence-electron chi connectivity index (χ1n) is 9.17. The Kier molecular flexibility index (Phi) is 3.61. The molecule has 0 unspecified atom stereocenters. The van der Waals surface area contributed by atoms with Gasteiger partial charge in [-0.05, 0) is 36.2 Å². The molecule has 3 heterocycles. The number of nitrogens with zero attached hydrogens (tertiary/aromatic N) is 4. The molecule has 3 atom stereocenters. The van der Waals surface area contributed by atoms with Crippen LogP contribution in [-0.2, 0) is 9.59 Å². The summed E-state index contributed by atoms with van der Waals surface area (Å²) in [7, 11) is 0. The number of rotatable bonds is 2. The Hall–Kier alpha value is -3.01. The summed E-state index contributed by atoms with van der Waals surface area (Å²) in [6.07, 6.45) is 0.975. The maximum atomic E-state index is 13.3. The van der Waals surface area contributed by atoms with Gasteiger partial charge in [-0.3, -0.25) is 9.59 Å². The molecule has 3 aliphatic heterocycles. The number of imide groups is 1. The molecule has 5 rings (SSSR count). The van der Waals surface area contributed by atoms with Crippen LogP contribution in [0.1, 0.15) is 23.6 Å². The second kappa shape index (κ2) is 6.02. The van der Waals surface area contributed by atoms with E-state index >= 15 is 0 Å². The standard InChI is InChI=1S/C21H18N4O2/c22-13-14-7-9-15(10-8-14)18-17-19(24-12-4-11-23(18)24)21(27)25(20(17)26)16-5-2-1-3-6-16/h1-3,5-10,17-19H,4,11-12H2/t17-,18-,19-/m1/s1. The molecule has 6 nitrogen and oxygen atoms in total. The van der Waals surface area contributed by atoms with Crippen molar-refractivity contribution in [2.24, 2.45) is 5.92 Å². The minimum Gasteiger partial charge on any atom is -0.274 e. The Morgan fingerprint density at radius 3 is 2.19 bits per heavy atom. The van der Waals surface area contributed by atoms with E-state index < -0.39 is 12.0 Å². The van der Waals surface area contributed by atoms with Gasteiger partial charge in [0.1, 0.15) is 6.04 Å². The fourth-order valence-electron chi connectivity index (χ4n) is 4.70. The molecule has 0 spiro atoms. The van der Waals surface area contributed by atoms with E-state index in [1.54, 1.807) is 24.3 Å². The minimum absolute atomic E-state index is 0.139. The van der Waals surface area contributed by atoms with Crippen LogP contribution in [0, 0.1) is 17.2 Å². The number of amides is 2. The van der Waals surface area contributed by atoms with Gasteiger partial charge >= 0.3 is 0 Å². The van der Waals surface area contributed by atoms with E-state index in [1.165, 1.54) is 4.90 Å². The van der Waals surface area contributed by atoms with Gasteiger partial charge in [0.15, 0.2) is 0 Å². The summed E-state index contributed by atoms with van der Waals surface area (Å²) in [5, 5.41) is 13.3. The Morgan fingerprint density at radius 2 is 1.52 bits per heavy atom. The van der Waals surface area contributed by atoms with Crippen LogP contribution in [0.4, 0.5) is 5.69 Å². The lowest BCUT2D eigenvalue weighted by Gasteiger charge is -2.29. The number of nitriles is 1. The number of carbonyl (C=O) groups is 2. The predicted octanol–water partition coefficient (Wildman–Crippen LogP) is 2.09. The topological polar surface area (TPSA) is 67.6 Å². The first-order valence-corrected chi connectivity index (χ1v) is 9.17. The zero-order valence-corrected chi connectivity index (χ0v) is 14.7. The van der Waals surface area contributed by atoms with E-state index in [1.807, 2.05) is 30.3 Å². The van der Waals surface area contributed by atoms with Crippen molar-refractivity contribution in [2.45, 2.75) is 18.5 Å². The largest absolute Gasteiger partial charge is 0.274 e. The molecule has 3 fully saturated rings. The molecule has 0 radical (unpaired) electrons.